The summed E-state index contributed by atoms with van der Waals surface area (Å²) >= 11 is 0. The zero-order valence-corrected chi connectivity index (χ0v) is 22.4. The summed E-state index contributed by atoms with van der Waals surface area (Å²) in [6.07, 6.45) is -1.55. The summed E-state index contributed by atoms with van der Waals surface area (Å²) in [5.74, 6) is -0.811. The van der Waals surface area contributed by atoms with E-state index >= 15 is 0 Å². The molecule has 11 heteroatoms. The maximum Gasteiger partial charge on any atom is 0.416 e. The van der Waals surface area contributed by atoms with Crippen molar-refractivity contribution in [1.29, 1.82) is 0 Å². The van der Waals surface area contributed by atoms with Gasteiger partial charge >= 0.3 is 6.18 Å². The number of nitro groups is 1. The molecule has 0 radical (unpaired) electrons. The van der Waals surface area contributed by atoms with Gasteiger partial charge < -0.3 is 14.8 Å². The summed E-state index contributed by atoms with van der Waals surface area (Å²) in [6, 6.07) is 17.6. The summed E-state index contributed by atoms with van der Waals surface area (Å²) in [5.41, 5.74) is 1.74. The number of aromatic amines is 1. The van der Waals surface area contributed by atoms with E-state index in [1.54, 1.807) is 0 Å². The number of carbonyl (C=O) groups is 2. The summed E-state index contributed by atoms with van der Waals surface area (Å²) in [4.78, 5) is 43.4. The third kappa shape index (κ3) is 7.30. The van der Waals surface area contributed by atoms with Gasteiger partial charge in [-0.15, -0.1) is 0 Å². The molecule has 0 saturated carbocycles. The Labute approximate surface area is 234 Å². The standard InChI is InChI=1S/C30H29F3N4O4/c1-2-16-36(29(39)22-9-13-25(14-10-22)37(40)41)20-28(38)35(19-21-7-11-24(12-8-21)30(31,32)33)17-15-23-18-34-27-6-4-3-5-26(23)27/h3-14,18,34H,2,15-17,19-20H2,1H3. The van der Waals surface area contributed by atoms with Crippen LogP contribution in [-0.2, 0) is 23.9 Å². The van der Waals surface area contributed by atoms with Gasteiger partial charge in [-0.2, -0.15) is 13.2 Å². The van der Waals surface area contributed by atoms with Gasteiger partial charge in [0.25, 0.3) is 11.6 Å². The fourth-order valence-electron chi connectivity index (χ4n) is 4.60. The lowest BCUT2D eigenvalue weighted by molar-refractivity contribution is -0.384. The topological polar surface area (TPSA) is 99.6 Å². The van der Waals surface area contributed by atoms with Crippen molar-refractivity contribution in [2.75, 3.05) is 19.6 Å². The van der Waals surface area contributed by atoms with E-state index in [1.165, 1.54) is 46.2 Å². The molecule has 0 aliphatic rings. The number of carbonyl (C=O) groups excluding carboxylic acids is 2. The summed E-state index contributed by atoms with van der Waals surface area (Å²) < 4.78 is 39.2. The van der Waals surface area contributed by atoms with Gasteiger partial charge in [-0.3, -0.25) is 19.7 Å². The number of amides is 2. The molecule has 1 N–H and O–H groups in total. The van der Waals surface area contributed by atoms with Gasteiger partial charge in [0, 0.05) is 54.4 Å². The molecule has 0 saturated heterocycles. The minimum atomic E-state index is -4.47. The van der Waals surface area contributed by atoms with Crippen LogP contribution in [0.5, 0.6) is 0 Å². The van der Waals surface area contributed by atoms with E-state index in [1.807, 2.05) is 37.4 Å². The third-order valence-corrected chi connectivity index (χ3v) is 6.77. The van der Waals surface area contributed by atoms with Crippen LogP contribution in [0.15, 0.2) is 79.0 Å². The summed E-state index contributed by atoms with van der Waals surface area (Å²) in [5, 5.41) is 12.0. The van der Waals surface area contributed by atoms with Crippen molar-refractivity contribution in [1.82, 2.24) is 14.8 Å². The van der Waals surface area contributed by atoms with Gasteiger partial charge in [0.05, 0.1) is 10.5 Å². The molecule has 1 heterocycles. The SMILES string of the molecule is CCCN(CC(=O)N(CCc1c[nH]c2ccccc12)Cc1ccc(C(F)(F)F)cc1)C(=O)c1ccc([N+](=O)[O-])cc1. The lowest BCUT2D eigenvalue weighted by atomic mass is 10.1. The molecule has 2 amide bonds. The van der Waals surface area contributed by atoms with Crippen LogP contribution in [0.3, 0.4) is 0 Å². The molecule has 0 spiro atoms. The molecule has 4 rings (SSSR count). The number of para-hydroxylation sites is 1. The van der Waals surface area contributed by atoms with Gasteiger partial charge in [0.1, 0.15) is 6.54 Å². The van der Waals surface area contributed by atoms with Crippen LogP contribution in [0.1, 0.15) is 40.4 Å². The highest BCUT2D eigenvalue weighted by atomic mass is 19.4. The van der Waals surface area contributed by atoms with Gasteiger partial charge in [-0.25, -0.2) is 0 Å². The zero-order chi connectivity index (χ0) is 29.6. The molecule has 3 aromatic carbocycles. The molecule has 0 aliphatic heterocycles. The van der Waals surface area contributed by atoms with Crippen molar-refractivity contribution in [3.05, 3.63) is 111 Å². The molecular weight excluding hydrogens is 537 g/mol. The Balaban J connectivity index is 1.55. The second-order valence-corrected chi connectivity index (χ2v) is 9.65. The molecule has 4 aromatic rings. The van der Waals surface area contributed by atoms with Crippen LogP contribution in [0.25, 0.3) is 10.9 Å². The molecular formula is C30H29F3N4O4. The van der Waals surface area contributed by atoms with E-state index in [4.69, 9.17) is 0 Å². The number of non-ortho nitro benzene ring substituents is 1. The largest absolute Gasteiger partial charge is 0.416 e. The summed E-state index contributed by atoms with van der Waals surface area (Å²) in [7, 11) is 0. The van der Waals surface area contributed by atoms with Crippen molar-refractivity contribution in [2.24, 2.45) is 0 Å². The van der Waals surface area contributed by atoms with E-state index in [-0.39, 0.29) is 43.3 Å². The third-order valence-electron chi connectivity index (χ3n) is 6.77. The molecule has 8 nitrogen and oxygen atoms in total. The second kappa shape index (κ2) is 12.7. The number of nitrogens with one attached hydrogen (secondary N) is 1. The van der Waals surface area contributed by atoms with Crippen LogP contribution >= 0.6 is 0 Å². The van der Waals surface area contributed by atoms with Crippen molar-refractivity contribution in [2.45, 2.75) is 32.5 Å². The monoisotopic (exact) mass is 566 g/mol. The molecule has 41 heavy (non-hydrogen) atoms. The summed E-state index contributed by atoms with van der Waals surface area (Å²) in [6.45, 7) is 2.21. The van der Waals surface area contributed by atoms with E-state index in [0.717, 1.165) is 28.6 Å². The first-order valence-electron chi connectivity index (χ1n) is 13.1. The fourth-order valence-corrected chi connectivity index (χ4v) is 4.60. The number of hydrogen-bond acceptors (Lipinski definition) is 4. The zero-order valence-electron chi connectivity index (χ0n) is 22.4. The Morgan fingerprint density at radius 2 is 1.61 bits per heavy atom. The Kier molecular flexibility index (Phi) is 9.06. The number of aromatic nitrogens is 1. The molecule has 0 unspecified atom stereocenters. The number of rotatable bonds is 11. The average molecular weight is 567 g/mol. The number of fused-ring (bicyclic) bond motifs is 1. The number of benzene rings is 3. The smallest absolute Gasteiger partial charge is 0.361 e. The first kappa shape index (κ1) is 29.3. The number of nitrogens with zero attached hydrogens (tertiary/aromatic N) is 3. The van der Waals surface area contributed by atoms with Gasteiger partial charge in [0.15, 0.2) is 0 Å². The first-order chi connectivity index (χ1) is 19.6. The Morgan fingerprint density at radius 3 is 2.24 bits per heavy atom. The number of hydrogen-bond donors (Lipinski definition) is 1. The quantitative estimate of drug-likeness (QED) is 0.172. The number of H-pyrrole nitrogens is 1. The molecule has 0 aliphatic carbocycles. The highest BCUT2D eigenvalue weighted by Gasteiger charge is 2.30. The Morgan fingerprint density at radius 1 is 0.927 bits per heavy atom. The van der Waals surface area contributed by atoms with Crippen LogP contribution in [0.4, 0.5) is 18.9 Å². The molecule has 214 valence electrons. The predicted molar refractivity (Wildman–Crippen MR) is 148 cm³/mol. The van der Waals surface area contributed by atoms with Gasteiger partial charge in [-0.1, -0.05) is 37.3 Å². The van der Waals surface area contributed by atoms with E-state index in [9.17, 15) is 32.9 Å². The maximum atomic E-state index is 13.6. The highest BCUT2D eigenvalue weighted by molar-refractivity contribution is 5.96. The lowest BCUT2D eigenvalue weighted by Gasteiger charge is -2.28. The fraction of sp³-hybridized carbons (Fsp3) is 0.267. The van der Waals surface area contributed by atoms with Crippen LogP contribution in [-0.4, -0.2) is 51.2 Å². The Hall–Kier alpha value is -4.67. The number of halogens is 3. The predicted octanol–water partition coefficient (Wildman–Crippen LogP) is 6.22. The van der Waals surface area contributed by atoms with Gasteiger partial charge in [-0.05, 0) is 54.3 Å². The van der Waals surface area contributed by atoms with Crippen molar-refractivity contribution >= 4 is 28.4 Å². The van der Waals surface area contributed by atoms with E-state index in [0.29, 0.717) is 18.4 Å². The number of alkyl halides is 3. The maximum absolute atomic E-state index is 13.6. The second-order valence-electron chi connectivity index (χ2n) is 9.65. The number of nitro benzene ring substituents is 1. The van der Waals surface area contributed by atoms with E-state index in [2.05, 4.69) is 4.98 Å². The molecule has 0 atom stereocenters. The van der Waals surface area contributed by atoms with Crippen LogP contribution in [0, 0.1) is 10.1 Å². The van der Waals surface area contributed by atoms with Crippen molar-refractivity contribution < 1.29 is 27.7 Å². The minimum Gasteiger partial charge on any atom is -0.361 e. The van der Waals surface area contributed by atoms with Gasteiger partial charge in [0.2, 0.25) is 5.91 Å². The van der Waals surface area contributed by atoms with Crippen LogP contribution < -0.4 is 0 Å². The van der Waals surface area contributed by atoms with Crippen LogP contribution in [0.2, 0.25) is 0 Å². The normalized spacial score (nSPS) is 11.4. The van der Waals surface area contributed by atoms with E-state index < -0.39 is 22.6 Å². The Bertz CT molecular complexity index is 1520. The first-order valence-corrected chi connectivity index (χ1v) is 13.1. The minimum absolute atomic E-state index is 0.0605. The molecule has 1 aromatic heterocycles. The highest BCUT2D eigenvalue weighted by Crippen LogP contribution is 2.29. The average Bonchev–Trinajstić information content (AvgIpc) is 3.37. The lowest BCUT2D eigenvalue weighted by Crippen LogP contribution is -2.43. The van der Waals surface area contributed by atoms with Crippen molar-refractivity contribution in [3.63, 3.8) is 0 Å². The molecule has 0 fully saturated rings. The molecule has 0 bridgehead atoms. The van der Waals surface area contributed by atoms with Crippen molar-refractivity contribution in [3.8, 4) is 0 Å².